The van der Waals surface area contributed by atoms with Gasteiger partial charge >= 0.3 is 11.9 Å². The second kappa shape index (κ2) is 12.6. The Bertz CT molecular complexity index is 1060. The first kappa shape index (κ1) is 27.3. The number of carboxylic acids is 1. The van der Waals surface area contributed by atoms with E-state index in [0.29, 0.717) is 15.9 Å². The minimum atomic E-state index is -1.03. The van der Waals surface area contributed by atoms with E-state index in [4.69, 9.17) is 19.3 Å². The lowest BCUT2D eigenvalue weighted by Crippen LogP contribution is -2.23. The maximum atomic E-state index is 11.7. The van der Waals surface area contributed by atoms with E-state index < -0.39 is 11.9 Å². The molecule has 0 spiro atoms. The molecule has 0 amide bonds. The van der Waals surface area contributed by atoms with Crippen LogP contribution in [0.5, 0.6) is 11.8 Å². The van der Waals surface area contributed by atoms with Gasteiger partial charge in [-0.2, -0.15) is 0 Å². The number of aromatic carboxylic acids is 1. The summed E-state index contributed by atoms with van der Waals surface area (Å²) in [5.74, 6) is -0.934. The van der Waals surface area contributed by atoms with Gasteiger partial charge in [-0.15, -0.1) is 0 Å². The molecule has 2 aromatic heterocycles. The molecule has 2 atom stereocenters. The molecule has 35 heavy (non-hydrogen) atoms. The van der Waals surface area contributed by atoms with Crippen LogP contribution < -0.4 is 9.47 Å². The van der Waals surface area contributed by atoms with Crippen molar-refractivity contribution in [2.45, 2.75) is 25.0 Å². The Hall–Kier alpha value is -2.28. The molecule has 4 rings (SSSR count). The SMILES string of the molecule is CN1CCC(Oc2ncc(Br)cc2C(=O)O)C1.COC(=O)c1cc(Br)cnc1OC1CCN(C)C1. The van der Waals surface area contributed by atoms with Crippen molar-refractivity contribution < 1.29 is 28.9 Å². The average molecular weight is 616 g/mol. The van der Waals surface area contributed by atoms with Gasteiger partial charge in [0, 0.05) is 47.5 Å². The maximum absolute atomic E-state index is 11.7. The highest BCUT2D eigenvalue weighted by atomic mass is 79.9. The summed E-state index contributed by atoms with van der Waals surface area (Å²) < 4.78 is 17.5. The van der Waals surface area contributed by atoms with Gasteiger partial charge in [-0.05, 0) is 70.9 Å². The summed E-state index contributed by atoms with van der Waals surface area (Å²) in [6.45, 7) is 3.60. The summed E-state index contributed by atoms with van der Waals surface area (Å²) in [7, 11) is 5.40. The normalized spacial score (nSPS) is 20.1. The molecule has 4 heterocycles. The van der Waals surface area contributed by atoms with Crippen LogP contribution in [0, 0.1) is 0 Å². The minimum Gasteiger partial charge on any atom is -0.477 e. The second-order valence-electron chi connectivity index (χ2n) is 8.39. The topological polar surface area (TPSA) is 114 Å². The van der Waals surface area contributed by atoms with Gasteiger partial charge in [0.2, 0.25) is 11.8 Å². The predicted octanol–water partition coefficient (Wildman–Crippen LogP) is 3.34. The van der Waals surface area contributed by atoms with Crippen LogP contribution in [-0.2, 0) is 4.74 Å². The lowest BCUT2D eigenvalue weighted by Gasteiger charge is -2.15. The molecular formula is C23H28Br2N4O6. The van der Waals surface area contributed by atoms with Crippen LogP contribution >= 0.6 is 31.9 Å². The largest absolute Gasteiger partial charge is 0.477 e. The van der Waals surface area contributed by atoms with Crippen molar-refractivity contribution in [1.29, 1.82) is 0 Å². The molecule has 10 nitrogen and oxygen atoms in total. The molecule has 2 saturated heterocycles. The van der Waals surface area contributed by atoms with Crippen LogP contribution in [0.2, 0.25) is 0 Å². The number of methoxy groups -OCH3 is 1. The predicted molar refractivity (Wildman–Crippen MR) is 135 cm³/mol. The molecule has 2 aliphatic heterocycles. The van der Waals surface area contributed by atoms with Crippen LogP contribution in [-0.4, -0.2) is 96.4 Å². The molecular weight excluding hydrogens is 588 g/mol. The standard InChI is InChI=1S/C12H15BrN2O3.C11H13BrN2O3/c1-15-4-3-9(7-15)18-11-10(12(16)17-2)5-8(13)6-14-11;1-14-3-2-8(6-14)17-10-9(11(15)16)4-7(12)5-13-10/h5-6,9H,3-4,7H2,1-2H3;4-5,8H,2-3,6H2,1H3,(H,15,16). The lowest BCUT2D eigenvalue weighted by molar-refractivity contribution is 0.0590. The third-order valence-corrected chi connectivity index (χ3v) is 6.39. The summed E-state index contributed by atoms with van der Waals surface area (Å²) in [5, 5.41) is 9.06. The zero-order valence-electron chi connectivity index (χ0n) is 19.7. The summed E-state index contributed by atoms with van der Waals surface area (Å²) >= 11 is 6.48. The number of aromatic nitrogens is 2. The monoisotopic (exact) mass is 614 g/mol. The van der Waals surface area contributed by atoms with E-state index in [1.807, 2.05) is 14.1 Å². The summed E-state index contributed by atoms with van der Waals surface area (Å²) in [4.78, 5) is 35.2. The number of hydrogen-bond donors (Lipinski definition) is 1. The number of hydrogen-bond acceptors (Lipinski definition) is 9. The fourth-order valence-corrected chi connectivity index (χ4v) is 4.41. The van der Waals surface area contributed by atoms with Crippen LogP contribution in [0.15, 0.2) is 33.5 Å². The van der Waals surface area contributed by atoms with Crippen LogP contribution in [0.3, 0.4) is 0 Å². The Kier molecular flexibility index (Phi) is 9.84. The third-order valence-electron chi connectivity index (χ3n) is 5.52. The van der Waals surface area contributed by atoms with E-state index in [1.54, 1.807) is 18.5 Å². The van der Waals surface area contributed by atoms with Crippen LogP contribution in [0.25, 0.3) is 0 Å². The average Bonchev–Trinajstić information content (AvgIpc) is 3.43. The number of carbonyl (C=O) groups excluding carboxylic acids is 1. The fourth-order valence-electron chi connectivity index (χ4n) is 3.75. The maximum Gasteiger partial charge on any atom is 0.343 e. The smallest absolute Gasteiger partial charge is 0.343 e. The number of carbonyl (C=O) groups is 2. The molecule has 0 radical (unpaired) electrons. The molecule has 0 saturated carbocycles. The molecule has 0 bridgehead atoms. The Labute approximate surface area is 220 Å². The molecule has 2 unspecified atom stereocenters. The minimum absolute atomic E-state index is 0.0202. The number of halogens is 2. The second-order valence-corrected chi connectivity index (χ2v) is 10.2. The first-order chi connectivity index (χ1) is 16.7. The van der Waals surface area contributed by atoms with Gasteiger partial charge in [0.25, 0.3) is 0 Å². The third kappa shape index (κ3) is 7.86. The Balaban J connectivity index is 0.000000196. The number of rotatable bonds is 6. The quantitative estimate of drug-likeness (QED) is 0.485. The van der Waals surface area contributed by atoms with Crippen LogP contribution in [0.4, 0.5) is 0 Å². The van der Waals surface area contributed by atoms with E-state index in [-0.39, 0.29) is 23.7 Å². The van der Waals surface area contributed by atoms with Gasteiger partial charge in [0.15, 0.2) is 0 Å². The molecule has 0 aliphatic carbocycles. The Morgan fingerprint density at radius 2 is 1.37 bits per heavy atom. The molecule has 190 valence electrons. The van der Waals surface area contributed by atoms with Crippen molar-refractivity contribution in [3.63, 3.8) is 0 Å². The van der Waals surface area contributed by atoms with Crippen molar-refractivity contribution in [3.8, 4) is 11.8 Å². The summed E-state index contributed by atoms with van der Waals surface area (Å²) in [5.41, 5.74) is 0.440. The zero-order chi connectivity index (χ0) is 25.5. The number of esters is 1. The number of carboxylic acid groups (broad SMARTS) is 1. The van der Waals surface area contributed by atoms with Gasteiger partial charge in [0.1, 0.15) is 23.3 Å². The Morgan fingerprint density at radius 1 is 0.914 bits per heavy atom. The number of likely N-dealkylation sites (tertiary alicyclic amines) is 2. The van der Waals surface area contributed by atoms with Crippen molar-refractivity contribution in [3.05, 3.63) is 44.6 Å². The summed E-state index contributed by atoms with van der Waals surface area (Å²) in [6.07, 6.45) is 5.09. The molecule has 2 aliphatic rings. The lowest BCUT2D eigenvalue weighted by atomic mass is 10.2. The van der Waals surface area contributed by atoms with Crippen molar-refractivity contribution >= 4 is 43.8 Å². The molecule has 12 heteroatoms. The van der Waals surface area contributed by atoms with E-state index in [1.165, 1.54) is 13.2 Å². The highest BCUT2D eigenvalue weighted by Crippen LogP contribution is 2.24. The van der Waals surface area contributed by atoms with Gasteiger partial charge in [-0.3, -0.25) is 0 Å². The van der Waals surface area contributed by atoms with Crippen molar-refractivity contribution in [1.82, 2.24) is 19.8 Å². The number of nitrogens with zero attached hydrogens (tertiary/aromatic N) is 4. The van der Waals surface area contributed by atoms with Gasteiger partial charge < -0.3 is 29.1 Å². The van der Waals surface area contributed by atoms with Crippen molar-refractivity contribution in [2.75, 3.05) is 47.4 Å². The Morgan fingerprint density at radius 3 is 1.77 bits per heavy atom. The van der Waals surface area contributed by atoms with E-state index in [9.17, 15) is 9.59 Å². The van der Waals surface area contributed by atoms with E-state index in [0.717, 1.165) is 43.5 Å². The highest BCUT2D eigenvalue weighted by Gasteiger charge is 2.25. The van der Waals surface area contributed by atoms with E-state index >= 15 is 0 Å². The summed E-state index contributed by atoms with van der Waals surface area (Å²) in [6, 6.07) is 3.16. The number of ether oxygens (including phenoxy) is 3. The molecule has 2 aromatic rings. The zero-order valence-corrected chi connectivity index (χ0v) is 22.9. The van der Waals surface area contributed by atoms with E-state index in [2.05, 4.69) is 51.6 Å². The molecule has 0 aromatic carbocycles. The number of likely N-dealkylation sites (N-methyl/N-ethyl adjacent to an activating group) is 2. The highest BCUT2D eigenvalue weighted by molar-refractivity contribution is 9.10. The number of pyridine rings is 2. The molecule has 1 N–H and O–H groups in total. The first-order valence-electron chi connectivity index (χ1n) is 11.0. The molecule has 2 fully saturated rings. The van der Waals surface area contributed by atoms with Gasteiger partial charge in [-0.1, -0.05) is 0 Å². The van der Waals surface area contributed by atoms with Gasteiger partial charge in [0.05, 0.1) is 7.11 Å². The van der Waals surface area contributed by atoms with Crippen LogP contribution in [0.1, 0.15) is 33.6 Å². The van der Waals surface area contributed by atoms with Gasteiger partial charge in [-0.25, -0.2) is 19.6 Å². The fraction of sp³-hybridized carbons (Fsp3) is 0.478. The first-order valence-corrected chi connectivity index (χ1v) is 12.6. The van der Waals surface area contributed by atoms with Crippen molar-refractivity contribution in [2.24, 2.45) is 0 Å².